The Morgan fingerprint density at radius 3 is 2.25 bits per heavy atom. The number of nitrogens with one attached hydrogen (secondary N) is 1. The molecule has 0 aromatic carbocycles. The van der Waals surface area contributed by atoms with Crippen molar-refractivity contribution in [3.8, 4) is 0 Å². The van der Waals surface area contributed by atoms with Gasteiger partial charge >= 0.3 is 5.97 Å². The molecule has 0 aliphatic rings. The quantitative estimate of drug-likeness (QED) is 0.626. The summed E-state index contributed by atoms with van der Waals surface area (Å²) in [5, 5.41) is 11.3. The molecule has 16 heavy (non-hydrogen) atoms. The lowest BCUT2D eigenvalue weighted by Gasteiger charge is -2.15. The Morgan fingerprint density at radius 1 is 1.12 bits per heavy atom. The maximum absolute atomic E-state index is 11.5. The summed E-state index contributed by atoms with van der Waals surface area (Å²) in [7, 11) is 0. The third-order valence-corrected chi connectivity index (χ3v) is 2.78. The standard InChI is InChI=1S/C12H23NO3/c1-9(2)10(3)12(16)13-8-6-4-5-7-11(14)15/h9-10H,4-8H2,1-3H3,(H,13,16)(H,14,15). The number of amides is 1. The molecule has 0 aliphatic heterocycles. The Hall–Kier alpha value is -1.06. The summed E-state index contributed by atoms with van der Waals surface area (Å²) < 4.78 is 0. The predicted molar refractivity (Wildman–Crippen MR) is 63.1 cm³/mol. The number of rotatable bonds is 8. The average Bonchev–Trinajstić information content (AvgIpc) is 2.21. The minimum atomic E-state index is -0.752. The van der Waals surface area contributed by atoms with Gasteiger partial charge in [0.2, 0.25) is 5.91 Å². The van der Waals surface area contributed by atoms with Gasteiger partial charge in [0, 0.05) is 18.9 Å². The van der Waals surface area contributed by atoms with Gasteiger partial charge < -0.3 is 10.4 Å². The smallest absolute Gasteiger partial charge is 0.303 e. The van der Waals surface area contributed by atoms with Crippen LogP contribution in [0.25, 0.3) is 0 Å². The maximum Gasteiger partial charge on any atom is 0.303 e. The monoisotopic (exact) mass is 229 g/mol. The van der Waals surface area contributed by atoms with Crippen molar-refractivity contribution in [3.63, 3.8) is 0 Å². The molecule has 0 heterocycles. The van der Waals surface area contributed by atoms with Crippen LogP contribution in [0, 0.1) is 11.8 Å². The second-order valence-electron chi connectivity index (χ2n) is 4.53. The van der Waals surface area contributed by atoms with E-state index in [1.807, 2.05) is 20.8 Å². The Bertz CT molecular complexity index is 226. The summed E-state index contributed by atoms with van der Waals surface area (Å²) in [6, 6.07) is 0. The van der Waals surface area contributed by atoms with E-state index in [0.29, 0.717) is 18.9 Å². The minimum Gasteiger partial charge on any atom is -0.481 e. The van der Waals surface area contributed by atoms with Crippen molar-refractivity contribution in [2.24, 2.45) is 11.8 Å². The van der Waals surface area contributed by atoms with Crippen LogP contribution >= 0.6 is 0 Å². The number of carbonyl (C=O) groups excluding carboxylic acids is 1. The van der Waals surface area contributed by atoms with E-state index in [-0.39, 0.29) is 18.2 Å². The highest BCUT2D eigenvalue weighted by Crippen LogP contribution is 2.09. The van der Waals surface area contributed by atoms with Gasteiger partial charge in [-0.25, -0.2) is 0 Å². The number of hydrogen-bond acceptors (Lipinski definition) is 2. The molecule has 0 saturated heterocycles. The Morgan fingerprint density at radius 2 is 1.75 bits per heavy atom. The number of carbonyl (C=O) groups is 2. The van der Waals surface area contributed by atoms with Crippen molar-refractivity contribution >= 4 is 11.9 Å². The molecule has 0 fully saturated rings. The zero-order valence-electron chi connectivity index (χ0n) is 10.5. The molecule has 2 N–H and O–H groups in total. The fourth-order valence-electron chi connectivity index (χ4n) is 1.25. The average molecular weight is 229 g/mol. The van der Waals surface area contributed by atoms with Gasteiger partial charge in [0.1, 0.15) is 0 Å². The molecule has 1 amide bonds. The van der Waals surface area contributed by atoms with Crippen molar-refractivity contribution in [2.75, 3.05) is 6.54 Å². The number of carboxylic acid groups (broad SMARTS) is 1. The van der Waals surface area contributed by atoms with Crippen molar-refractivity contribution in [1.82, 2.24) is 5.32 Å². The van der Waals surface area contributed by atoms with E-state index >= 15 is 0 Å². The normalized spacial score (nSPS) is 12.5. The SMILES string of the molecule is CC(C)C(C)C(=O)NCCCCCC(=O)O. The third-order valence-electron chi connectivity index (χ3n) is 2.78. The molecule has 0 aromatic heterocycles. The van der Waals surface area contributed by atoms with Crippen LogP contribution in [0.4, 0.5) is 0 Å². The van der Waals surface area contributed by atoms with Gasteiger partial charge in [0.05, 0.1) is 0 Å². The first-order chi connectivity index (χ1) is 7.45. The van der Waals surface area contributed by atoms with E-state index in [2.05, 4.69) is 5.32 Å². The topological polar surface area (TPSA) is 66.4 Å². The maximum atomic E-state index is 11.5. The second kappa shape index (κ2) is 8.13. The molecular formula is C12H23NO3. The Balaban J connectivity index is 3.45. The zero-order valence-corrected chi connectivity index (χ0v) is 10.5. The van der Waals surface area contributed by atoms with Gasteiger partial charge in [-0.05, 0) is 18.8 Å². The van der Waals surface area contributed by atoms with E-state index in [0.717, 1.165) is 12.8 Å². The van der Waals surface area contributed by atoms with Crippen LogP contribution in [0.2, 0.25) is 0 Å². The Kier molecular flexibility index (Phi) is 7.60. The molecule has 4 heteroatoms. The van der Waals surface area contributed by atoms with Crippen molar-refractivity contribution in [3.05, 3.63) is 0 Å². The highest BCUT2D eigenvalue weighted by Gasteiger charge is 2.15. The number of unbranched alkanes of at least 4 members (excludes halogenated alkanes) is 2. The van der Waals surface area contributed by atoms with Crippen LogP contribution in [-0.2, 0) is 9.59 Å². The number of hydrogen-bond donors (Lipinski definition) is 2. The molecule has 1 atom stereocenters. The van der Waals surface area contributed by atoms with Crippen LogP contribution < -0.4 is 5.32 Å². The molecule has 94 valence electrons. The molecule has 0 bridgehead atoms. The third kappa shape index (κ3) is 7.26. The summed E-state index contributed by atoms with van der Waals surface area (Å²) in [6.45, 7) is 6.62. The van der Waals surface area contributed by atoms with Gasteiger partial charge in [-0.15, -0.1) is 0 Å². The highest BCUT2D eigenvalue weighted by molar-refractivity contribution is 5.78. The summed E-state index contributed by atoms with van der Waals surface area (Å²) >= 11 is 0. The fraction of sp³-hybridized carbons (Fsp3) is 0.833. The summed E-state index contributed by atoms with van der Waals surface area (Å²) in [4.78, 5) is 21.8. The lowest BCUT2D eigenvalue weighted by Crippen LogP contribution is -2.32. The van der Waals surface area contributed by atoms with Gasteiger partial charge in [-0.2, -0.15) is 0 Å². The molecule has 0 spiro atoms. The highest BCUT2D eigenvalue weighted by atomic mass is 16.4. The molecular weight excluding hydrogens is 206 g/mol. The molecule has 0 saturated carbocycles. The van der Waals surface area contributed by atoms with E-state index in [1.54, 1.807) is 0 Å². The molecule has 1 unspecified atom stereocenters. The Labute approximate surface area is 97.4 Å². The minimum absolute atomic E-state index is 0.0408. The van der Waals surface area contributed by atoms with Crippen LogP contribution in [0.15, 0.2) is 0 Å². The van der Waals surface area contributed by atoms with Crippen LogP contribution in [0.3, 0.4) is 0 Å². The van der Waals surface area contributed by atoms with Crippen molar-refractivity contribution in [1.29, 1.82) is 0 Å². The number of aliphatic carboxylic acids is 1. The summed E-state index contributed by atoms with van der Waals surface area (Å²) in [6.07, 6.45) is 2.60. The van der Waals surface area contributed by atoms with Gasteiger partial charge in [-0.3, -0.25) is 9.59 Å². The van der Waals surface area contributed by atoms with Crippen LogP contribution in [0.5, 0.6) is 0 Å². The largest absolute Gasteiger partial charge is 0.481 e. The predicted octanol–water partition coefficient (Wildman–Crippen LogP) is 2.04. The second-order valence-corrected chi connectivity index (χ2v) is 4.53. The van der Waals surface area contributed by atoms with E-state index in [4.69, 9.17) is 5.11 Å². The van der Waals surface area contributed by atoms with E-state index < -0.39 is 5.97 Å². The lowest BCUT2D eigenvalue weighted by atomic mass is 9.97. The van der Waals surface area contributed by atoms with Gasteiger partial charge in [-0.1, -0.05) is 27.2 Å². The number of carboxylic acids is 1. The van der Waals surface area contributed by atoms with Crippen LogP contribution in [-0.4, -0.2) is 23.5 Å². The zero-order chi connectivity index (χ0) is 12.6. The van der Waals surface area contributed by atoms with Crippen LogP contribution in [0.1, 0.15) is 46.5 Å². The molecule has 0 radical (unpaired) electrons. The summed E-state index contributed by atoms with van der Waals surface area (Å²) in [5.74, 6) is -0.267. The molecule has 4 nitrogen and oxygen atoms in total. The van der Waals surface area contributed by atoms with Gasteiger partial charge in [0.25, 0.3) is 0 Å². The first-order valence-electron chi connectivity index (χ1n) is 5.94. The summed E-state index contributed by atoms with van der Waals surface area (Å²) in [5.41, 5.74) is 0. The molecule has 0 rings (SSSR count). The lowest BCUT2D eigenvalue weighted by molar-refractivity contribution is -0.137. The van der Waals surface area contributed by atoms with Crippen molar-refractivity contribution in [2.45, 2.75) is 46.5 Å². The van der Waals surface area contributed by atoms with E-state index in [1.165, 1.54) is 0 Å². The molecule has 0 aliphatic carbocycles. The molecule has 0 aromatic rings. The van der Waals surface area contributed by atoms with Gasteiger partial charge in [0.15, 0.2) is 0 Å². The van der Waals surface area contributed by atoms with E-state index in [9.17, 15) is 9.59 Å². The first-order valence-corrected chi connectivity index (χ1v) is 5.94. The van der Waals surface area contributed by atoms with Crippen molar-refractivity contribution < 1.29 is 14.7 Å². The first kappa shape index (κ1) is 14.9. The fourth-order valence-corrected chi connectivity index (χ4v) is 1.25.